The van der Waals surface area contributed by atoms with Gasteiger partial charge >= 0.3 is 0 Å². The van der Waals surface area contributed by atoms with E-state index in [9.17, 15) is 0 Å². The molecular formula is C22H19ClN8. The van der Waals surface area contributed by atoms with Crippen LogP contribution in [0.1, 0.15) is 5.56 Å². The van der Waals surface area contributed by atoms with Gasteiger partial charge in [-0.15, -0.1) is 0 Å². The molecule has 154 valence electrons. The van der Waals surface area contributed by atoms with Gasteiger partial charge in [-0.25, -0.2) is 19.9 Å². The highest BCUT2D eigenvalue weighted by Crippen LogP contribution is 2.24. The van der Waals surface area contributed by atoms with Crippen molar-refractivity contribution in [3.63, 3.8) is 0 Å². The predicted octanol–water partition coefficient (Wildman–Crippen LogP) is 4.26. The molecule has 0 aliphatic rings. The summed E-state index contributed by atoms with van der Waals surface area (Å²) in [4.78, 5) is 17.8. The van der Waals surface area contributed by atoms with Gasteiger partial charge in [-0.2, -0.15) is 5.10 Å². The van der Waals surface area contributed by atoms with Crippen LogP contribution in [-0.4, -0.2) is 34.3 Å². The van der Waals surface area contributed by atoms with Gasteiger partial charge in [0.05, 0.1) is 11.9 Å². The summed E-state index contributed by atoms with van der Waals surface area (Å²) < 4.78 is 3.85. The molecule has 0 aliphatic carbocycles. The summed E-state index contributed by atoms with van der Waals surface area (Å²) in [6.07, 6.45) is 9.82. The molecule has 0 unspecified atom stereocenters. The zero-order valence-electron chi connectivity index (χ0n) is 16.8. The van der Waals surface area contributed by atoms with E-state index < -0.39 is 0 Å². The van der Waals surface area contributed by atoms with Crippen molar-refractivity contribution in [2.24, 2.45) is 7.05 Å². The van der Waals surface area contributed by atoms with E-state index in [2.05, 4.69) is 42.1 Å². The summed E-state index contributed by atoms with van der Waals surface area (Å²) in [5, 5.41) is 8.92. The average molecular weight is 431 g/mol. The molecule has 5 rings (SSSR count). The van der Waals surface area contributed by atoms with Gasteiger partial charge < -0.3 is 9.88 Å². The Kier molecular flexibility index (Phi) is 5.05. The topological polar surface area (TPSA) is 86.3 Å². The summed E-state index contributed by atoms with van der Waals surface area (Å²) in [5.41, 5.74) is 3.67. The van der Waals surface area contributed by atoms with E-state index in [-0.39, 0.29) is 0 Å². The maximum Gasteiger partial charge on any atom is 0.228 e. The minimum Gasteiger partial charge on any atom is -0.332 e. The number of halogens is 1. The fourth-order valence-corrected chi connectivity index (χ4v) is 3.65. The third-order valence-corrected chi connectivity index (χ3v) is 5.41. The van der Waals surface area contributed by atoms with Crippen molar-refractivity contribution in [3.05, 3.63) is 78.1 Å². The fraction of sp³-hybridized carbons (Fsp3) is 0.136. The molecule has 31 heavy (non-hydrogen) atoms. The van der Waals surface area contributed by atoms with Crippen molar-refractivity contribution in [1.29, 1.82) is 0 Å². The molecule has 0 atom stereocenters. The third-order valence-electron chi connectivity index (χ3n) is 5.07. The fourth-order valence-electron chi connectivity index (χ4n) is 3.44. The summed E-state index contributed by atoms with van der Waals surface area (Å²) >= 11 is 6.18. The lowest BCUT2D eigenvalue weighted by Crippen LogP contribution is -2.03. The highest BCUT2D eigenvalue weighted by atomic mass is 35.5. The average Bonchev–Trinajstić information content (AvgIpc) is 3.39. The first-order valence-corrected chi connectivity index (χ1v) is 10.2. The lowest BCUT2D eigenvalue weighted by molar-refractivity contribution is 0.714. The maximum atomic E-state index is 6.18. The number of nitrogens with zero attached hydrogens (tertiary/aromatic N) is 7. The standard InChI is InChI=1S/C22H19ClN8/c1-30-19(5-10-27-30)29-22-25-9-4-18(28-22)17-13-16-7-12-31(21(16)26-14-17)11-6-15-3-2-8-24-20(15)23/h2-5,7-10,12-14H,6,11H2,1H3,(H,25,28,29). The highest BCUT2D eigenvalue weighted by molar-refractivity contribution is 6.30. The van der Waals surface area contributed by atoms with E-state index in [1.165, 1.54) is 0 Å². The van der Waals surface area contributed by atoms with Crippen molar-refractivity contribution in [1.82, 2.24) is 34.3 Å². The van der Waals surface area contributed by atoms with E-state index >= 15 is 0 Å². The molecule has 0 fully saturated rings. The maximum absolute atomic E-state index is 6.18. The molecule has 0 amide bonds. The van der Waals surface area contributed by atoms with E-state index in [0.717, 1.165) is 46.6 Å². The van der Waals surface area contributed by atoms with Crippen LogP contribution in [0, 0.1) is 0 Å². The van der Waals surface area contributed by atoms with Crippen molar-refractivity contribution in [2.45, 2.75) is 13.0 Å². The molecule has 1 N–H and O–H groups in total. The van der Waals surface area contributed by atoms with Crippen LogP contribution < -0.4 is 5.32 Å². The Bertz CT molecular complexity index is 1360. The quantitative estimate of drug-likeness (QED) is 0.405. The predicted molar refractivity (Wildman–Crippen MR) is 120 cm³/mol. The van der Waals surface area contributed by atoms with Gasteiger partial charge in [0.1, 0.15) is 16.6 Å². The van der Waals surface area contributed by atoms with E-state index in [0.29, 0.717) is 11.1 Å². The largest absolute Gasteiger partial charge is 0.332 e. The van der Waals surface area contributed by atoms with Crippen LogP contribution in [0.15, 0.2) is 67.4 Å². The first-order chi connectivity index (χ1) is 15.2. The van der Waals surface area contributed by atoms with Crippen molar-refractivity contribution in [2.75, 3.05) is 5.32 Å². The van der Waals surface area contributed by atoms with Gasteiger partial charge in [-0.1, -0.05) is 17.7 Å². The Labute approximate surface area is 183 Å². The summed E-state index contributed by atoms with van der Waals surface area (Å²) in [5.74, 6) is 1.32. The normalized spacial score (nSPS) is 11.2. The lowest BCUT2D eigenvalue weighted by atomic mass is 10.2. The van der Waals surface area contributed by atoms with Crippen LogP contribution in [0.25, 0.3) is 22.3 Å². The monoisotopic (exact) mass is 430 g/mol. The van der Waals surface area contributed by atoms with Crippen molar-refractivity contribution >= 4 is 34.4 Å². The van der Waals surface area contributed by atoms with Gasteiger partial charge in [-0.05, 0) is 36.2 Å². The number of anilines is 2. The van der Waals surface area contributed by atoms with Gasteiger partial charge in [0, 0.05) is 55.4 Å². The number of aromatic nitrogens is 7. The van der Waals surface area contributed by atoms with Gasteiger partial charge in [-0.3, -0.25) is 4.68 Å². The summed E-state index contributed by atoms with van der Waals surface area (Å²) in [7, 11) is 1.86. The van der Waals surface area contributed by atoms with E-state index in [1.807, 2.05) is 43.7 Å². The molecular weight excluding hydrogens is 412 g/mol. The lowest BCUT2D eigenvalue weighted by Gasteiger charge is -2.08. The Morgan fingerprint density at radius 2 is 1.97 bits per heavy atom. The Hall–Kier alpha value is -3.78. The molecule has 0 saturated carbocycles. The van der Waals surface area contributed by atoms with Crippen LogP contribution >= 0.6 is 11.6 Å². The van der Waals surface area contributed by atoms with E-state index in [4.69, 9.17) is 16.6 Å². The number of nitrogens with one attached hydrogen (secondary N) is 1. The van der Waals surface area contributed by atoms with Crippen molar-refractivity contribution in [3.8, 4) is 11.3 Å². The molecule has 5 aromatic heterocycles. The second kappa shape index (κ2) is 8.16. The van der Waals surface area contributed by atoms with Crippen LogP contribution in [0.3, 0.4) is 0 Å². The van der Waals surface area contributed by atoms with Gasteiger partial charge in [0.25, 0.3) is 0 Å². The van der Waals surface area contributed by atoms with Crippen LogP contribution in [0.2, 0.25) is 5.15 Å². The van der Waals surface area contributed by atoms with E-state index in [1.54, 1.807) is 23.3 Å². The Morgan fingerprint density at radius 3 is 2.81 bits per heavy atom. The van der Waals surface area contributed by atoms with Crippen LogP contribution in [-0.2, 0) is 20.0 Å². The number of rotatable bonds is 6. The summed E-state index contributed by atoms with van der Waals surface area (Å²) in [6, 6.07) is 11.8. The number of hydrogen-bond donors (Lipinski definition) is 1. The zero-order valence-corrected chi connectivity index (χ0v) is 17.5. The number of aryl methyl sites for hydroxylation is 3. The Morgan fingerprint density at radius 1 is 1.03 bits per heavy atom. The van der Waals surface area contributed by atoms with Crippen LogP contribution in [0.5, 0.6) is 0 Å². The molecule has 0 radical (unpaired) electrons. The molecule has 8 nitrogen and oxygen atoms in total. The molecule has 0 aliphatic heterocycles. The smallest absolute Gasteiger partial charge is 0.228 e. The number of fused-ring (bicyclic) bond motifs is 1. The zero-order chi connectivity index (χ0) is 21.2. The SMILES string of the molecule is Cn1nccc1Nc1nccc(-c2cnc3c(ccn3CCc3cccnc3Cl)c2)n1. The molecule has 0 saturated heterocycles. The van der Waals surface area contributed by atoms with Gasteiger partial charge in [0.15, 0.2) is 0 Å². The molecule has 9 heteroatoms. The Balaban J connectivity index is 1.38. The molecule has 5 aromatic rings. The third kappa shape index (κ3) is 3.97. The van der Waals surface area contributed by atoms with Gasteiger partial charge in [0.2, 0.25) is 5.95 Å². The second-order valence-corrected chi connectivity index (χ2v) is 7.44. The first kappa shape index (κ1) is 19.2. The summed E-state index contributed by atoms with van der Waals surface area (Å²) in [6.45, 7) is 0.771. The minimum atomic E-state index is 0.507. The molecule has 0 spiro atoms. The number of hydrogen-bond acceptors (Lipinski definition) is 6. The highest BCUT2D eigenvalue weighted by Gasteiger charge is 2.09. The number of pyridine rings is 2. The minimum absolute atomic E-state index is 0.507. The molecule has 0 aromatic carbocycles. The van der Waals surface area contributed by atoms with Crippen LogP contribution in [0.4, 0.5) is 11.8 Å². The molecule has 0 bridgehead atoms. The molecule has 5 heterocycles. The first-order valence-electron chi connectivity index (χ1n) is 9.80. The second-order valence-electron chi connectivity index (χ2n) is 7.08. The van der Waals surface area contributed by atoms with Crippen molar-refractivity contribution < 1.29 is 0 Å².